The summed E-state index contributed by atoms with van der Waals surface area (Å²) in [5.74, 6) is 0.187. The summed E-state index contributed by atoms with van der Waals surface area (Å²) >= 11 is 0. The van der Waals surface area contributed by atoms with E-state index in [-0.39, 0.29) is 23.8 Å². The molecule has 0 bridgehead atoms. The zero-order chi connectivity index (χ0) is 22.4. The van der Waals surface area contributed by atoms with Crippen molar-refractivity contribution >= 4 is 21.9 Å². The lowest BCUT2D eigenvalue weighted by atomic mass is 9.86. The van der Waals surface area contributed by atoms with Gasteiger partial charge in [-0.25, -0.2) is 13.1 Å². The standard InChI is InChI=1S/C22H34N2O5S/c1-16(25)29-20-13-7-17(8-14-20)6-5-15-23-21(26)18-9-11-19(12-10-18)24-30(27,28)22(2,3)4/h7-8,13-14,18-19,24H,5-6,9-12,15H2,1-4H3,(H,23,26). The number of esters is 1. The van der Waals surface area contributed by atoms with Gasteiger partial charge >= 0.3 is 5.97 Å². The van der Waals surface area contributed by atoms with Crippen LogP contribution in [-0.4, -0.2) is 37.6 Å². The van der Waals surface area contributed by atoms with Crippen LogP contribution < -0.4 is 14.8 Å². The highest BCUT2D eigenvalue weighted by Crippen LogP contribution is 2.26. The molecule has 0 heterocycles. The van der Waals surface area contributed by atoms with E-state index in [1.807, 2.05) is 12.1 Å². The Morgan fingerprint density at radius 2 is 1.67 bits per heavy atom. The van der Waals surface area contributed by atoms with Crippen molar-refractivity contribution in [1.29, 1.82) is 0 Å². The largest absolute Gasteiger partial charge is 0.427 e. The monoisotopic (exact) mass is 438 g/mol. The van der Waals surface area contributed by atoms with Gasteiger partial charge in [-0.2, -0.15) is 0 Å². The summed E-state index contributed by atoms with van der Waals surface area (Å²) in [7, 11) is -3.36. The second-order valence-corrected chi connectivity index (χ2v) is 11.4. The van der Waals surface area contributed by atoms with Gasteiger partial charge in [0.25, 0.3) is 0 Å². The molecule has 1 aromatic rings. The maximum absolute atomic E-state index is 12.4. The van der Waals surface area contributed by atoms with Crippen LogP contribution in [-0.2, 0) is 26.0 Å². The Labute approximate surface area is 180 Å². The summed E-state index contributed by atoms with van der Waals surface area (Å²) in [5.41, 5.74) is 1.12. The predicted octanol–water partition coefficient (Wildman–Crippen LogP) is 2.94. The van der Waals surface area contributed by atoms with E-state index < -0.39 is 14.8 Å². The fraction of sp³-hybridized carbons (Fsp3) is 0.636. The smallest absolute Gasteiger partial charge is 0.308 e. The van der Waals surface area contributed by atoms with Crippen molar-refractivity contribution < 1.29 is 22.7 Å². The normalized spacial score (nSPS) is 19.9. The first-order valence-corrected chi connectivity index (χ1v) is 12.0. The van der Waals surface area contributed by atoms with Crippen LogP contribution in [0.5, 0.6) is 5.75 Å². The molecule has 1 aliphatic carbocycles. The van der Waals surface area contributed by atoms with Crippen LogP contribution >= 0.6 is 0 Å². The fourth-order valence-corrected chi connectivity index (χ4v) is 4.44. The summed E-state index contributed by atoms with van der Waals surface area (Å²) in [6.07, 6.45) is 4.40. The van der Waals surface area contributed by atoms with E-state index in [0.29, 0.717) is 38.0 Å². The van der Waals surface area contributed by atoms with Crippen LogP contribution in [0.15, 0.2) is 24.3 Å². The Kier molecular flexibility index (Phi) is 8.43. The summed E-state index contributed by atoms with van der Waals surface area (Å²) in [4.78, 5) is 23.3. The van der Waals surface area contributed by atoms with Crippen LogP contribution in [0.4, 0.5) is 0 Å². The third-order valence-corrected chi connectivity index (χ3v) is 7.61. The quantitative estimate of drug-likeness (QED) is 0.369. The van der Waals surface area contributed by atoms with Crippen molar-refractivity contribution in [3.05, 3.63) is 29.8 Å². The van der Waals surface area contributed by atoms with Gasteiger partial charge in [0.2, 0.25) is 15.9 Å². The first kappa shape index (κ1) is 24.3. The molecule has 168 valence electrons. The van der Waals surface area contributed by atoms with Gasteiger partial charge in [-0.05, 0) is 77.0 Å². The summed E-state index contributed by atoms with van der Waals surface area (Å²) < 4.78 is 31.5. The Morgan fingerprint density at radius 3 is 2.20 bits per heavy atom. The molecule has 7 nitrogen and oxygen atoms in total. The Balaban J connectivity index is 1.67. The predicted molar refractivity (Wildman–Crippen MR) is 117 cm³/mol. The number of ether oxygens (including phenoxy) is 1. The van der Waals surface area contributed by atoms with E-state index in [9.17, 15) is 18.0 Å². The van der Waals surface area contributed by atoms with E-state index >= 15 is 0 Å². The second kappa shape index (κ2) is 10.4. The molecule has 0 aliphatic heterocycles. The third-order valence-electron chi connectivity index (χ3n) is 5.35. The molecular weight excluding hydrogens is 404 g/mol. The molecule has 1 aliphatic rings. The number of benzene rings is 1. The Hall–Kier alpha value is -1.93. The van der Waals surface area contributed by atoms with Crippen molar-refractivity contribution in [2.24, 2.45) is 5.92 Å². The summed E-state index contributed by atoms with van der Waals surface area (Å²) in [6, 6.07) is 7.27. The van der Waals surface area contributed by atoms with Gasteiger partial charge in [-0.15, -0.1) is 0 Å². The summed E-state index contributed by atoms with van der Waals surface area (Å²) in [5, 5.41) is 3.00. The lowest BCUT2D eigenvalue weighted by Gasteiger charge is -2.30. The fourth-order valence-electron chi connectivity index (χ4n) is 3.41. The van der Waals surface area contributed by atoms with Gasteiger partial charge < -0.3 is 10.1 Å². The van der Waals surface area contributed by atoms with Gasteiger partial charge in [-0.3, -0.25) is 9.59 Å². The van der Waals surface area contributed by atoms with Crippen molar-refractivity contribution in [2.45, 2.75) is 77.0 Å². The van der Waals surface area contributed by atoms with E-state index in [0.717, 1.165) is 18.4 Å². The Morgan fingerprint density at radius 1 is 1.07 bits per heavy atom. The molecule has 0 saturated heterocycles. The molecule has 1 aromatic carbocycles. The van der Waals surface area contributed by atoms with Crippen molar-refractivity contribution in [3.63, 3.8) is 0 Å². The molecule has 2 rings (SSSR count). The molecule has 30 heavy (non-hydrogen) atoms. The highest BCUT2D eigenvalue weighted by molar-refractivity contribution is 7.90. The minimum absolute atomic E-state index is 0.0524. The van der Waals surface area contributed by atoms with E-state index in [1.54, 1.807) is 32.9 Å². The number of amides is 1. The number of sulfonamides is 1. The van der Waals surface area contributed by atoms with Crippen molar-refractivity contribution in [1.82, 2.24) is 10.0 Å². The number of rotatable bonds is 8. The topological polar surface area (TPSA) is 102 Å². The van der Waals surface area contributed by atoms with Crippen LogP contribution in [0.1, 0.15) is 65.4 Å². The number of aryl methyl sites for hydroxylation is 1. The van der Waals surface area contributed by atoms with Crippen LogP contribution in [0.3, 0.4) is 0 Å². The second-order valence-electron chi connectivity index (χ2n) is 8.91. The summed E-state index contributed by atoms with van der Waals surface area (Å²) in [6.45, 7) is 7.02. The highest BCUT2D eigenvalue weighted by Gasteiger charge is 2.33. The first-order chi connectivity index (χ1) is 14.0. The first-order valence-electron chi connectivity index (χ1n) is 10.5. The van der Waals surface area contributed by atoms with Crippen molar-refractivity contribution in [3.8, 4) is 5.75 Å². The third kappa shape index (κ3) is 7.40. The van der Waals surface area contributed by atoms with Gasteiger partial charge in [0, 0.05) is 25.4 Å². The molecule has 1 saturated carbocycles. The minimum atomic E-state index is -3.36. The number of nitrogens with one attached hydrogen (secondary N) is 2. The zero-order valence-electron chi connectivity index (χ0n) is 18.4. The zero-order valence-corrected chi connectivity index (χ0v) is 19.2. The molecule has 0 aromatic heterocycles. The lowest BCUT2D eigenvalue weighted by Crippen LogP contribution is -2.46. The average molecular weight is 439 g/mol. The molecule has 2 N–H and O–H groups in total. The molecule has 0 spiro atoms. The SMILES string of the molecule is CC(=O)Oc1ccc(CCCNC(=O)C2CCC(NS(=O)(=O)C(C)(C)C)CC2)cc1. The molecule has 8 heteroatoms. The minimum Gasteiger partial charge on any atom is -0.427 e. The van der Waals surface area contributed by atoms with Crippen LogP contribution in [0.25, 0.3) is 0 Å². The molecule has 0 atom stereocenters. The number of carbonyl (C=O) groups is 2. The van der Waals surface area contributed by atoms with Gasteiger partial charge in [0.05, 0.1) is 4.75 Å². The number of hydrogen-bond donors (Lipinski definition) is 2. The molecule has 0 unspecified atom stereocenters. The molecule has 1 amide bonds. The lowest BCUT2D eigenvalue weighted by molar-refractivity contribution is -0.132. The van der Waals surface area contributed by atoms with Gasteiger partial charge in [-0.1, -0.05) is 12.1 Å². The Bertz CT molecular complexity index is 820. The molecular formula is C22H34N2O5S. The van der Waals surface area contributed by atoms with Crippen molar-refractivity contribution in [2.75, 3.05) is 6.54 Å². The van der Waals surface area contributed by atoms with Crippen LogP contribution in [0.2, 0.25) is 0 Å². The number of carbonyl (C=O) groups excluding carboxylic acids is 2. The van der Waals surface area contributed by atoms with E-state index in [1.165, 1.54) is 6.92 Å². The molecule has 0 radical (unpaired) electrons. The number of hydrogen-bond acceptors (Lipinski definition) is 5. The average Bonchev–Trinajstić information content (AvgIpc) is 2.65. The maximum atomic E-state index is 12.4. The highest BCUT2D eigenvalue weighted by atomic mass is 32.2. The van der Waals surface area contributed by atoms with E-state index in [4.69, 9.17) is 4.74 Å². The van der Waals surface area contributed by atoms with E-state index in [2.05, 4.69) is 10.0 Å². The van der Waals surface area contributed by atoms with Crippen LogP contribution in [0, 0.1) is 5.92 Å². The van der Waals surface area contributed by atoms with Gasteiger partial charge in [0.15, 0.2) is 0 Å². The maximum Gasteiger partial charge on any atom is 0.308 e. The van der Waals surface area contributed by atoms with Gasteiger partial charge in [0.1, 0.15) is 5.75 Å². The molecule has 1 fully saturated rings.